The van der Waals surface area contributed by atoms with Gasteiger partial charge in [0.25, 0.3) is 0 Å². The highest BCUT2D eigenvalue weighted by atomic mass is 16.3. The molecule has 1 saturated carbocycles. The van der Waals surface area contributed by atoms with Gasteiger partial charge in [0.1, 0.15) is 5.75 Å². The van der Waals surface area contributed by atoms with Crippen LogP contribution in [0.2, 0.25) is 0 Å². The normalized spacial score (nSPS) is 19.3. The molecule has 2 aromatic carbocycles. The fourth-order valence-electron chi connectivity index (χ4n) is 3.20. The number of aromatic hydroxyl groups is 1. The van der Waals surface area contributed by atoms with Crippen molar-refractivity contribution in [1.82, 2.24) is 0 Å². The average Bonchev–Trinajstić information content (AvgIpc) is 2.66. The Kier molecular flexibility index (Phi) is 8.93. The molecule has 1 aliphatic rings. The molecule has 0 atom stereocenters. The molecule has 0 heterocycles. The molecule has 1 N–H and O–H groups in total. The zero-order valence-corrected chi connectivity index (χ0v) is 15.5. The lowest BCUT2D eigenvalue weighted by molar-refractivity contribution is 0.348. The van der Waals surface area contributed by atoms with E-state index in [-0.39, 0.29) is 0 Å². The second-order valence-corrected chi connectivity index (χ2v) is 6.13. The van der Waals surface area contributed by atoms with Crippen LogP contribution in [0.15, 0.2) is 61.7 Å². The SMILES string of the molecule is C=C.CC.CC1CCC(c2ccc(-c3ccc(O)cc3)cc2)CC1. The molecule has 0 radical (unpaired) electrons. The molecule has 0 aromatic heterocycles. The number of benzene rings is 2. The molecule has 130 valence electrons. The van der Waals surface area contributed by atoms with Gasteiger partial charge in [0.15, 0.2) is 0 Å². The molecule has 2 aromatic rings. The largest absolute Gasteiger partial charge is 0.508 e. The molecule has 1 nitrogen and oxygen atoms in total. The molecular formula is C23H32O. The van der Waals surface area contributed by atoms with Crippen LogP contribution < -0.4 is 0 Å². The first-order chi connectivity index (χ1) is 11.7. The molecule has 1 heteroatoms. The smallest absolute Gasteiger partial charge is 0.115 e. The van der Waals surface area contributed by atoms with Crippen molar-refractivity contribution in [3.05, 3.63) is 67.3 Å². The standard InChI is InChI=1S/C19H22O.C2H6.C2H4/c1-14-2-4-15(5-3-14)16-6-8-17(9-7-16)18-10-12-19(20)13-11-18;2*1-2/h6-15,20H,2-5H2,1H3;1-2H3;1-2H2. The van der Waals surface area contributed by atoms with E-state index in [0.717, 1.165) is 17.4 Å². The Balaban J connectivity index is 0.000000671. The summed E-state index contributed by atoms with van der Waals surface area (Å²) in [4.78, 5) is 0. The molecule has 0 bridgehead atoms. The lowest BCUT2D eigenvalue weighted by Gasteiger charge is -2.26. The summed E-state index contributed by atoms with van der Waals surface area (Å²) < 4.78 is 0. The van der Waals surface area contributed by atoms with Crippen LogP contribution in [0.25, 0.3) is 11.1 Å². The van der Waals surface area contributed by atoms with Crippen LogP contribution in [0, 0.1) is 5.92 Å². The highest BCUT2D eigenvalue weighted by Gasteiger charge is 2.19. The lowest BCUT2D eigenvalue weighted by Crippen LogP contribution is -2.10. The monoisotopic (exact) mass is 324 g/mol. The minimum Gasteiger partial charge on any atom is -0.508 e. The Morgan fingerprint density at radius 3 is 1.62 bits per heavy atom. The minimum atomic E-state index is 0.321. The Bertz CT molecular complexity index is 560. The molecule has 1 fully saturated rings. The first-order valence-corrected chi connectivity index (χ1v) is 9.12. The van der Waals surface area contributed by atoms with E-state index in [2.05, 4.69) is 44.3 Å². The minimum absolute atomic E-state index is 0.321. The Labute approximate surface area is 148 Å². The summed E-state index contributed by atoms with van der Waals surface area (Å²) in [7, 11) is 0. The lowest BCUT2D eigenvalue weighted by atomic mass is 9.79. The summed E-state index contributed by atoms with van der Waals surface area (Å²) in [6, 6.07) is 16.4. The van der Waals surface area contributed by atoms with Gasteiger partial charge >= 0.3 is 0 Å². The van der Waals surface area contributed by atoms with Crippen LogP contribution in [0.3, 0.4) is 0 Å². The maximum absolute atomic E-state index is 9.34. The van der Waals surface area contributed by atoms with E-state index in [1.165, 1.54) is 36.8 Å². The van der Waals surface area contributed by atoms with Crippen LogP contribution in [-0.2, 0) is 0 Å². The van der Waals surface area contributed by atoms with Gasteiger partial charge in [-0.25, -0.2) is 0 Å². The number of phenolic OH excluding ortho intramolecular Hbond substituents is 1. The summed E-state index contributed by atoms with van der Waals surface area (Å²) in [5.41, 5.74) is 3.86. The molecule has 0 unspecified atom stereocenters. The van der Waals surface area contributed by atoms with E-state index in [1.807, 2.05) is 26.0 Å². The summed E-state index contributed by atoms with van der Waals surface area (Å²) >= 11 is 0. The average molecular weight is 325 g/mol. The number of phenols is 1. The van der Waals surface area contributed by atoms with Crippen molar-refractivity contribution in [3.63, 3.8) is 0 Å². The van der Waals surface area contributed by atoms with Crippen molar-refractivity contribution in [2.45, 2.75) is 52.4 Å². The Hall–Kier alpha value is -2.02. The van der Waals surface area contributed by atoms with E-state index in [9.17, 15) is 5.11 Å². The first-order valence-electron chi connectivity index (χ1n) is 9.12. The van der Waals surface area contributed by atoms with E-state index >= 15 is 0 Å². The molecule has 0 spiro atoms. The highest BCUT2D eigenvalue weighted by Crippen LogP contribution is 2.36. The zero-order valence-electron chi connectivity index (χ0n) is 15.5. The second kappa shape index (κ2) is 10.7. The number of hydrogen-bond acceptors (Lipinski definition) is 1. The highest BCUT2D eigenvalue weighted by molar-refractivity contribution is 5.64. The molecule has 24 heavy (non-hydrogen) atoms. The summed E-state index contributed by atoms with van der Waals surface area (Å²) in [5.74, 6) is 1.98. The van der Waals surface area contributed by atoms with Gasteiger partial charge in [-0.1, -0.05) is 70.0 Å². The maximum atomic E-state index is 9.34. The van der Waals surface area contributed by atoms with Crippen LogP contribution >= 0.6 is 0 Å². The molecule has 0 amide bonds. The summed E-state index contributed by atoms with van der Waals surface area (Å²) in [6.07, 6.45) is 5.40. The van der Waals surface area contributed by atoms with Gasteiger partial charge in [0.05, 0.1) is 0 Å². The number of rotatable bonds is 2. The van der Waals surface area contributed by atoms with E-state index < -0.39 is 0 Å². The Morgan fingerprint density at radius 1 is 0.750 bits per heavy atom. The topological polar surface area (TPSA) is 20.2 Å². The third kappa shape index (κ3) is 5.56. The fraction of sp³-hybridized carbons (Fsp3) is 0.391. The van der Waals surface area contributed by atoms with Crippen molar-refractivity contribution < 1.29 is 5.11 Å². The predicted octanol–water partition coefficient (Wildman–Crippen LogP) is 7.18. The van der Waals surface area contributed by atoms with Crippen molar-refractivity contribution in [2.75, 3.05) is 0 Å². The van der Waals surface area contributed by atoms with E-state index in [1.54, 1.807) is 12.1 Å². The molecule has 0 saturated heterocycles. The van der Waals surface area contributed by atoms with E-state index in [0.29, 0.717) is 5.75 Å². The van der Waals surface area contributed by atoms with Gasteiger partial charge in [-0.2, -0.15) is 0 Å². The van der Waals surface area contributed by atoms with Gasteiger partial charge in [-0.05, 0) is 53.5 Å². The van der Waals surface area contributed by atoms with Crippen molar-refractivity contribution in [3.8, 4) is 16.9 Å². The van der Waals surface area contributed by atoms with Gasteiger partial charge < -0.3 is 5.11 Å². The van der Waals surface area contributed by atoms with Crippen molar-refractivity contribution in [2.24, 2.45) is 5.92 Å². The van der Waals surface area contributed by atoms with Crippen LogP contribution in [-0.4, -0.2) is 5.11 Å². The predicted molar refractivity (Wildman–Crippen MR) is 107 cm³/mol. The fourth-order valence-corrected chi connectivity index (χ4v) is 3.20. The third-order valence-electron chi connectivity index (χ3n) is 4.60. The summed E-state index contributed by atoms with van der Waals surface area (Å²) in [5, 5.41) is 9.34. The van der Waals surface area contributed by atoms with Gasteiger partial charge in [-0.15, -0.1) is 13.2 Å². The van der Waals surface area contributed by atoms with Crippen LogP contribution in [0.1, 0.15) is 57.9 Å². The van der Waals surface area contributed by atoms with Gasteiger partial charge in [0, 0.05) is 0 Å². The quantitative estimate of drug-likeness (QED) is 0.580. The number of hydrogen-bond donors (Lipinski definition) is 1. The second-order valence-electron chi connectivity index (χ2n) is 6.13. The zero-order chi connectivity index (χ0) is 17.9. The van der Waals surface area contributed by atoms with Crippen LogP contribution in [0.5, 0.6) is 5.75 Å². The molecular weight excluding hydrogens is 292 g/mol. The summed E-state index contributed by atoms with van der Waals surface area (Å²) in [6.45, 7) is 12.4. The van der Waals surface area contributed by atoms with Gasteiger partial charge in [-0.3, -0.25) is 0 Å². The third-order valence-corrected chi connectivity index (χ3v) is 4.60. The van der Waals surface area contributed by atoms with E-state index in [4.69, 9.17) is 0 Å². The van der Waals surface area contributed by atoms with Gasteiger partial charge in [0.2, 0.25) is 0 Å². The Morgan fingerprint density at radius 2 is 1.17 bits per heavy atom. The van der Waals surface area contributed by atoms with Crippen LogP contribution in [0.4, 0.5) is 0 Å². The van der Waals surface area contributed by atoms with Crippen molar-refractivity contribution in [1.29, 1.82) is 0 Å². The molecule has 1 aliphatic carbocycles. The first kappa shape index (κ1) is 20.0. The molecule has 0 aliphatic heterocycles. The molecule has 3 rings (SSSR count). The van der Waals surface area contributed by atoms with Crippen molar-refractivity contribution >= 4 is 0 Å². The maximum Gasteiger partial charge on any atom is 0.115 e.